The molecule has 0 saturated carbocycles. The molecule has 0 N–H and O–H groups in total. The maximum absolute atomic E-state index is 5.09. The molecule has 4 heteroatoms. The SMILES string of the molecule is c1ccc(-c2nc(-c3ccccc3)nc(-c3cccc(-n4c5cccc6c5c5c7c(cc8ccccc8c7c7ccccc7c54)-c4ccccc4-6)c3)n2)cc1. The zero-order valence-corrected chi connectivity index (χ0v) is 29.6. The molecule has 0 fully saturated rings. The van der Waals surface area contributed by atoms with E-state index in [1.54, 1.807) is 0 Å². The molecule has 4 nitrogen and oxygen atoms in total. The molecule has 0 aliphatic heterocycles. The second kappa shape index (κ2) is 11.5. The summed E-state index contributed by atoms with van der Waals surface area (Å²) in [5.74, 6) is 1.93. The van der Waals surface area contributed by atoms with Gasteiger partial charge in [-0.15, -0.1) is 0 Å². The third kappa shape index (κ3) is 4.37. The van der Waals surface area contributed by atoms with Crippen molar-refractivity contribution in [3.63, 3.8) is 0 Å². The highest BCUT2D eigenvalue weighted by molar-refractivity contribution is 6.41. The predicted octanol–water partition coefficient (Wildman–Crippen LogP) is 13.1. The van der Waals surface area contributed by atoms with Gasteiger partial charge in [0, 0.05) is 43.9 Å². The van der Waals surface area contributed by atoms with Crippen molar-refractivity contribution >= 4 is 54.1 Å². The van der Waals surface area contributed by atoms with Gasteiger partial charge in [0.2, 0.25) is 0 Å². The quantitative estimate of drug-likeness (QED) is 0.172. The molecule has 1 aliphatic rings. The van der Waals surface area contributed by atoms with Crippen molar-refractivity contribution < 1.29 is 0 Å². The summed E-state index contributed by atoms with van der Waals surface area (Å²) in [7, 11) is 0. The first-order valence-electron chi connectivity index (χ1n) is 18.7. The van der Waals surface area contributed by atoms with Gasteiger partial charge in [-0.05, 0) is 68.1 Å². The lowest BCUT2D eigenvalue weighted by Gasteiger charge is -2.18. The van der Waals surface area contributed by atoms with Crippen LogP contribution in [0.2, 0.25) is 0 Å². The molecule has 0 bridgehead atoms. The third-order valence-corrected chi connectivity index (χ3v) is 11.3. The van der Waals surface area contributed by atoms with Crippen LogP contribution in [-0.2, 0) is 0 Å². The Bertz CT molecular complexity index is 3310. The first-order valence-corrected chi connectivity index (χ1v) is 18.7. The maximum Gasteiger partial charge on any atom is 0.164 e. The fourth-order valence-electron chi connectivity index (χ4n) is 9.01. The van der Waals surface area contributed by atoms with Crippen molar-refractivity contribution in [3.8, 4) is 62.1 Å². The Labute approximate surface area is 316 Å². The van der Waals surface area contributed by atoms with E-state index in [-0.39, 0.29) is 0 Å². The van der Waals surface area contributed by atoms with Crippen LogP contribution in [0.5, 0.6) is 0 Å². The smallest absolute Gasteiger partial charge is 0.164 e. The fourth-order valence-corrected chi connectivity index (χ4v) is 9.01. The Hall–Kier alpha value is -7.43. The maximum atomic E-state index is 5.09. The van der Waals surface area contributed by atoms with E-state index in [0.717, 1.165) is 22.4 Å². The van der Waals surface area contributed by atoms with E-state index in [9.17, 15) is 0 Å². The molecule has 12 rings (SSSR count). The minimum Gasteiger partial charge on any atom is -0.309 e. The zero-order valence-electron chi connectivity index (χ0n) is 29.6. The van der Waals surface area contributed by atoms with Crippen molar-refractivity contribution in [2.75, 3.05) is 0 Å². The van der Waals surface area contributed by atoms with Gasteiger partial charge in [-0.3, -0.25) is 0 Å². The average molecular weight is 699 g/mol. The van der Waals surface area contributed by atoms with Gasteiger partial charge < -0.3 is 4.57 Å². The van der Waals surface area contributed by atoms with Crippen molar-refractivity contribution in [1.82, 2.24) is 19.5 Å². The molecule has 0 radical (unpaired) electrons. The zero-order chi connectivity index (χ0) is 36.0. The number of fused-ring (bicyclic) bond motifs is 8. The van der Waals surface area contributed by atoms with Gasteiger partial charge in [0.1, 0.15) is 0 Å². The van der Waals surface area contributed by atoms with Gasteiger partial charge in [0.05, 0.1) is 11.0 Å². The van der Waals surface area contributed by atoms with Crippen LogP contribution in [0.4, 0.5) is 0 Å². The van der Waals surface area contributed by atoms with Gasteiger partial charge >= 0.3 is 0 Å². The number of benzene rings is 9. The molecule has 0 amide bonds. The Balaban J connectivity index is 1.21. The Morgan fingerprint density at radius 1 is 0.327 bits per heavy atom. The van der Waals surface area contributed by atoms with Crippen molar-refractivity contribution in [2.45, 2.75) is 0 Å². The van der Waals surface area contributed by atoms with E-state index in [4.69, 9.17) is 15.0 Å². The summed E-state index contributed by atoms with van der Waals surface area (Å²) in [4.78, 5) is 15.1. The van der Waals surface area contributed by atoms with Gasteiger partial charge in [-0.1, -0.05) is 158 Å². The predicted molar refractivity (Wildman–Crippen MR) is 227 cm³/mol. The largest absolute Gasteiger partial charge is 0.309 e. The molecule has 9 aromatic carbocycles. The van der Waals surface area contributed by atoms with Crippen LogP contribution in [0.25, 0.3) is 116 Å². The summed E-state index contributed by atoms with van der Waals surface area (Å²) in [5.41, 5.74) is 11.3. The minimum atomic E-state index is 0.634. The number of hydrogen-bond donors (Lipinski definition) is 0. The molecule has 2 heterocycles. The van der Waals surface area contributed by atoms with E-state index in [1.165, 1.54) is 76.4 Å². The van der Waals surface area contributed by atoms with Crippen LogP contribution in [0.15, 0.2) is 182 Å². The summed E-state index contributed by atoms with van der Waals surface area (Å²) in [6, 6.07) is 65.0. The molecular weight excluding hydrogens is 669 g/mol. The molecule has 2 aromatic heterocycles. The van der Waals surface area contributed by atoms with Gasteiger partial charge in [0.15, 0.2) is 17.5 Å². The molecule has 11 aromatic rings. The third-order valence-electron chi connectivity index (χ3n) is 11.3. The standard InChI is InChI=1S/C51H30N4/c1-3-15-31(16-4-1)49-52-50(32-17-5-2-6-18-32)54-51(53-49)34-20-13-21-35(29-34)55-43-28-14-27-39-37-23-9-10-24-38(37)42-30-33-19-7-8-22-36(33)44-40-25-11-12-26-41(40)48(55)47(45(39)43)46(42)44/h1-30H. The Morgan fingerprint density at radius 3 is 1.60 bits per heavy atom. The van der Waals surface area contributed by atoms with Crippen LogP contribution >= 0.6 is 0 Å². The minimum absolute atomic E-state index is 0.634. The van der Waals surface area contributed by atoms with Crippen LogP contribution in [0.3, 0.4) is 0 Å². The highest BCUT2D eigenvalue weighted by Crippen LogP contribution is 2.53. The van der Waals surface area contributed by atoms with Crippen LogP contribution in [-0.4, -0.2) is 19.5 Å². The van der Waals surface area contributed by atoms with Crippen molar-refractivity contribution in [3.05, 3.63) is 182 Å². The number of aromatic nitrogens is 4. The second-order valence-electron chi connectivity index (χ2n) is 14.3. The monoisotopic (exact) mass is 698 g/mol. The van der Waals surface area contributed by atoms with Gasteiger partial charge in [-0.2, -0.15) is 0 Å². The highest BCUT2D eigenvalue weighted by atomic mass is 15.0. The van der Waals surface area contributed by atoms with Crippen molar-refractivity contribution in [2.24, 2.45) is 0 Å². The lowest BCUT2D eigenvalue weighted by molar-refractivity contribution is 1.07. The number of rotatable bonds is 4. The molecule has 0 atom stereocenters. The fraction of sp³-hybridized carbons (Fsp3) is 0. The normalized spacial score (nSPS) is 12.0. The summed E-state index contributed by atoms with van der Waals surface area (Å²) in [6.07, 6.45) is 0. The topological polar surface area (TPSA) is 43.6 Å². The lowest BCUT2D eigenvalue weighted by Crippen LogP contribution is -2.01. The van der Waals surface area contributed by atoms with E-state index in [1.807, 2.05) is 36.4 Å². The molecular formula is C51H30N4. The molecule has 55 heavy (non-hydrogen) atoms. The Kier molecular flexibility index (Phi) is 6.31. The average Bonchev–Trinajstić information content (AvgIpc) is 3.56. The van der Waals surface area contributed by atoms with E-state index in [2.05, 4.69) is 150 Å². The second-order valence-corrected chi connectivity index (χ2v) is 14.3. The van der Waals surface area contributed by atoms with Crippen molar-refractivity contribution in [1.29, 1.82) is 0 Å². The summed E-state index contributed by atoms with van der Waals surface area (Å²) >= 11 is 0. The van der Waals surface area contributed by atoms with Gasteiger partial charge in [0.25, 0.3) is 0 Å². The lowest BCUT2D eigenvalue weighted by atomic mass is 9.88. The summed E-state index contributed by atoms with van der Waals surface area (Å²) in [5, 5.41) is 10.2. The number of nitrogens with zero attached hydrogens (tertiary/aromatic N) is 4. The first-order chi connectivity index (χ1) is 27.3. The molecule has 1 aliphatic carbocycles. The summed E-state index contributed by atoms with van der Waals surface area (Å²) in [6.45, 7) is 0. The first kappa shape index (κ1) is 30.1. The molecule has 254 valence electrons. The van der Waals surface area contributed by atoms with Crippen LogP contribution < -0.4 is 0 Å². The van der Waals surface area contributed by atoms with E-state index >= 15 is 0 Å². The van der Waals surface area contributed by atoms with E-state index in [0.29, 0.717) is 17.5 Å². The van der Waals surface area contributed by atoms with Gasteiger partial charge in [-0.25, -0.2) is 15.0 Å². The summed E-state index contributed by atoms with van der Waals surface area (Å²) < 4.78 is 2.48. The molecule has 0 spiro atoms. The Morgan fingerprint density at radius 2 is 0.873 bits per heavy atom. The molecule has 0 unspecified atom stereocenters. The van der Waals surface area contributed by atoms with Crippen LogP contribution in [0.1, 0.15) is 0 Å². The number of hydrogen-bond acceptors (Lipinski definition) is 3. The van der Waals surface area contributed by atoms with Crippen LogP contribution in [0, 0.1) is 0 Å². The highest BCUT2D eigenvalue weighted by Gasteiger charge is 2.28. The molecule has 0 saturated heterocycles. The van der Waals surface area contributed by atoms with E-state index < -0.39 is 0 Å².